The van der Waals surface area contributed by atoms with Gasteiger partial charge in [-0.3, -0.25) is 14.1 Å². The first-order valence-corrected chi connectivity index (χ1v) is 7.62. The molecule has 1 aromatic rings. The van der Waals surface area contributed by atoms with Crippen molar-refractivity contribution in [3.63, 3.8) is 0 Å². The van der Waals surface area contributed by atoms with Crippen LogP contribution in [0.15, 0.2) is 28.0 Å². The highest BCUT2D eigenvalue weighted by atomic mass is 32.2. The van der Waals surface area contributed by atoms with Gasteiger partial charge in [-0.1, -0.05) is 5.16 Å². The van der Waals surface area contributed by atoms with E-state index in [-0.39, 0.29) is 18.0 Å². The Kier molecular flexibility index (Phi) is 4.47. The minimum Gasteiger partial charge on any atom is -0.462 e. The second-order valence-corrected chi connectivity index (χ2v) is 5.82. The van der Waals surface area contributed by atoms with Crippen molar-refractivity contribution in [2.45, 2.75) is 6.04 Å². The fourth-order valence-electron chi connectivity index (χ4n) is 1.85. The summed E-state index contributed by atoms with van der Waals surface area (Å²) >= 11 is 0. The molecule has 1 aliphatic heterocycles. The Bertz CT molecular complexity index is 695. The second-order valence-electron chi connectivity index (χ2n) is 4.40. The second kappa shape index (κ2) is 6.15. The Labute approximate surface area is 125 Å². The van der Waals surface area contributed by atoms with Gasteiger partial charge in [0, 0.05) is 0 Å². The molecular weight excluding hydrogens is 318 g/mol. The molecule has 2 amide bonds. The molecule has 0 bridgehead atoms. The molecular formula is C11H13N3O7S. The Morgan fingerprint density at radius 3 is 2.86 bits per heavy atom. The monoisotopic (exact) mass is 331 g/mol. The lowest BCUT2D eigenvalue weighted by atomic mass is 10.1. The van der Waals surface area contributed by atoms with E-state index in [0.29, 0.717) is 0 Å². The number of rotatable bonds is 6. The Hall–Kier alpha value is -2.40. The van der Waals surface area contributed by atoms with Crippen LogP contribution in [0.3, 0.4) is 0 Å². The zero-order valence-corrected chi connectivity index (χ0v) is 12.2. The number of β-lactam (4-membered cyclic amide) rings is 1. The summed E-state index contributed by atoms with van der Waals surface area (Å²) in [5.41, 5.74) is -0.159. The summed E-state index contributed by atoms with van der Waals surface area (Å²) < 4.78 is 35.1. The smallest absolute Gasteiger partial charge is 0.283 e. The van der Waals surface area contributed by atoms with Gasteiger partial charge >= 0.3 is 0 Å². The van der Waals surface area contributed by atoms with E-state index in [1.165, 1.54) is 19.4 Å². The van der Waals surface area contributed by atoms with Gasteiger partial charge < -0.3 is 19.5 Å². The van der Waals surface area contributed by atoms with Crippen molar-refractivity contribution in [3.05, 3.63) is 24.2 Å². The van der Waals surface area contributed by atoms with Gasteiger partial charge in [-0.2, -0.15) is 8.42 Å². The van der Waals surface area contributed by atoms with Gasteiger partial charge in [-0.15, -0.1) is 0 Å². The fraction of sp³-hybridized carbons (Fsp3) is 0.364. The fourth-order valence-corrected chi connectivity index (χ4v) is 2.47. The summed E-state index contributed by atoms with van der Waals surface area (Å²) in [6.45, 7) is -0.0389. The topological polar surface area (TPSA) is 139 Å². The number of hydrogen-bond acceptors (Lipinski definition) is 7. The van der Waals surface area contributed by atoms with E-state index in [0.717, 1.165) is 4.90 Å². The maximum absolute atomic E-state index is 12.1. The van der Waals surface area contributed by atoms with E-state index < -0.39 is 33.9 Å². The predicted octanol–water partition coefficient (Wildman–Crippen LogP) is -1.20. The van der Waals surface area contributed by atoms with Gasteiger partial charge in [-0.05, 0) is 12.1 Å². The molecule has 1 aliphatic rings. The first-order chi connectivity index (χ1) is 10.3. The number of hydrogen-bond donors (Lipinski definition) is 2. The molecule has 11 heteroatoms. The summed E-state index contributed by atoms with van der Waals surface area (Å²) in [7, 11) is -3.05. The highest BCUT2D eigenvalue weighted by Gasteiger charge is 2.40. The number of oxime groups is 1. The van der Waals surface area contributed by atoms with E-state index >= 15 is 0 Å². The van der Waals surface area contributed by atoms with Crippen LogP contribution in [0.5, 0.6) is 0 Å². The highest BCUT2D eigenvalue weighted by Crippen LogP contribution is 2.12. The van der Waals surface area contributed by atoms with E-state index in [2.05, 4.69) is 15.3 Å². The van der Waals surface area contributed by atoms with Crippen LogP contribution in [-0.4, -0.2) is 61.0 Å². The first kappa shape index (κ1) is 16.0. The molecule has 2 N–H and O–H groups in total. The lowest BCUT2D eigenvalue weighted by molar-refractivity contribution is -0.144. The van der Waals surface area contributed by atoms with Crippen molar-refractivity contribution >= 4 is 27.6 Å². The maximum atomic E-state index is 12.1. The molecule has 120 valence electrons. The van der Waals surface area contributed by atoms with Crippen LogP contribution in [0.25, 0.3) is 0 Å². The lowest BCUT2D eigenvalue weighted by Crippen LogP contribution is -2.65. The van der Waals surface area contributed by atoms with Crippen molar-refractivity contribution in [2.75, 3.05) is 19.5 Å². The summed E-state index contributed by atoms with van der Waals surface area (Å²) in [5.74, 6) is -1.99. The average molecular weight is 331 g/mol. The third kappa shape index (κ3) is 3.62. The summed E-state index contributed by atoms with van der Waals surface area (Å²) in [5, 5.41) is 5.91. The number of nitrogens with one attached hydrogen (secondary N) is 1. The van der Waals surface area contributed by atoms with Crippen LogP contribution in [-0.2, 0) is 24.5 Å². The van der Waals surface area contributed by atoms with Crippen molar-refractivity contribution < 1.29 is 31.8 Å². The number of likely N-dealkylation sites (tertiary alicyclic amines) is 1. The van der Waals surface area contributed by atoms with Crippen molar-refractivity contribution in [1.29, 1.82) is 0 Å². The molecule has 0 spiro atoms. The molecule has 0 radical (unpaired) electrons. The summed E-state index contributed by atoms with van der Waals surface area (Å²) in [6, 6.07) is 2.15. The van der Waals surface area contributed by atoms with Gasteiger partial charge in [0.1, 0.15) is 19.0 Å². The minimum absolute atomic E-state index is 0.0389. The third-order valence-electron chi connectivity index (χ3n) is 2.79. The van der Waals surface area contributed by atoms with E-state index in [1.54, 1.807) is 6.07 Å². The van der Waals surface area contributed by atoms with E-state index in [1.807, 2.05) is 0 Å². The van der Waals surface area contributed by atoms with E-state index in [4.69, 9.17) is 8.97 Å². The third-order valence-corrected chi connectivity index (χ3v) is 3.43. The van der Waals surface area contributed by atoms with Crippen LogP contribution >= 0.6 is 0 Å². The van der Waals surface area contributed by atoms with Gasteiger partial charge in [0.25, 0.3) is 16.0 Å². The summed E-state index contributed by atoms with van der Waals surface area (Å²) in [6.07, 6.45) is 1.34. The molecule has 1 aromatic heterocycles. The quantitative estimate of drug-likeness (QED) is 0.289. The van der Waals surface area contributed by atoms with Crippen LogP contribution in [0.2, 0.25) is 0 Å². The van der Waals surface area contributed by atoms with Gasteiger partial charge in [-0.25, -0.2) is 0 Å². The van der Waals surface area contributed by atoms with Gasteiger partial charge in [0.05, 0.1) is 12.8 Å². The number of amides is 2. The van der Waals surface area contributed by atoms with Crippen molar-refractivity contribution in [3.8, 4) is 0 Å². The number of furan rings is 1. The SMILES string of the molecule is CO/N=C(\C(=O)NC1CN(CS(=O)(=O)O)C1=O)c1ccco1. The van der Waals surface area contributed by atoms with Crippen LogP contribution in [0.1, 0.15) is 5.76 Å². The maximum Gasteiger partial charge on any atom is 0.283 e. The normalized spacial score (nSPS) is 18.8. The van der Waals surface area contributed by atoms with E-state index in [9.17, 15) is 18.0 Å². The molecule has 1 atom stereocenters. The molecule has 2 heterocycles. The molecule has 10 nitrogen and oxygen atoms in total. The van der Waals surface area contributed by atoms with Crippen LogP contribution in [0, 0.1) is 0 Å². The molecule has 22 heavy (non-hydrogen) atoms. The highest BCUT2D eigenvalue weighted by molar-refractivity contribution is 7.85. The van der Waals surface area contributed by atoms with Crippen LogP contribution < -0.4 is 5.32 Å². The molecule has 0 aliphatic carbocycles. The minimum atomic E-state index is -4.30. The van der Waals surface area contributed by atoms with Crippen molar-refractivity contribution in [1.82, 2.24) is 10.2 Å². The Balaban J connectivity index is 1.98. The lowest BCUT2D eigenvalue weighted by Gasteiger charge is -2.37. The first-order valence-electron chi connectivity index (χ1n) is 6.01. The molecule has 1 saturated heterocycles. The number of carbonyl (C=O) groups excluding carboxylic acids is 2. The van der Waals surface area contributed by atoms with Crippen LogP contribution in [0.4, 0.5) is 0 Å². The predicted molar refractivity (Wildman–Crippen MR) is 72.3 cm³/mol. The zero-order chi connectivity index (χ0) is 16.3. The molecule has 0 aromatic carbocycles. The average Bonchev–Trinajstić information content (AvgIpc) is 2.95. The Morgan fingerprint density at radius 2 is 2.36 bits per heavy atom. The molecule has 1 unspecified atom stereocenters. The standard InChI is InChI=1S/C11H13N3O7S/c1-20-13-9(8-3-2-4-21-8)10(15)12-7-5-14(11(7)16)6-22(17,18)19/h2-4,7H,5-6H2,1H3,(H,12,15)(H,17,18,19)/b13-9-. The summed E-state index contributed by atoms with van der Waals surface area (Å²) in [4.78, 5) is 29.2. The molecule has 2 rings (SSSR count). The molecule has 0 saturated carbocycles. The van der Waals surface area contributed by atoms with Gasteiger partial charge in [0.15, 0.2) is 5.76 Å². The van der Waals surface area contributed by atoms with Gasteiger partial charge in [0.2, 0.25) is 11.6 Å². The number of carbonyl (C=O) groups is 2. The zero-order valence-electron chi connectivity index (χ0n) is 11.4. The molecule has 1 fully saturated rings. The Morgan fingerprint density at radius 1 is 1.64 bits per heavy atom. The largest absolute Gasteiger partial charge is 0.462 e. The number of nitrogens with zero attached hydrogens (tertiary/aromatic N) is 2. The van der Waals surface area contributed by atoms with Crippen molar-refractivity contribution in [2.24, 2.45) is 5.16 Å².